The molecule has 13 heteroatoms. The molecule has 0 saturated carbocycles. The normalized spacial score (nSPS) is 12.7. The third-order valence-corrected chi connectivity index (χ3v) is 6.77. The van der Waals surface area contributed by atoms with E-state index in [4.69, 9.17) is 0 Å². The molecule has 0 fully saturated rings. The van der Waals surface area contributed by atoms with Gasteiger partial charge in [0.1, 0.15) is 16.2 Å². The summed E-state index contributed by atoms with van der Waals surface area (Å²) in [5.74, 6) is -0.391. The van der Waals surface area contributed by atoms with Gasteiger partial charge in [0.2, 0.25) is 0 Å². The molecular weight excluding hydrogens is 536 g/mol. The third kappa shape index (κ3) is 6.66. The van der Waals surface area contributed by atoms with E-state index in [9.17, 15) is 27.2 Å². The molecular formula is C26H24F4N6O2S. The Bertz CT molecular complexity index is 1570. The second-order valence-corrected chi connectivity index (χ2v) is 9.82. The summed E-state index contributed by atoms with van der Waals surface area (Å²) in [5.41, 5.74) is -2.16. The number of rotatable bonds is 10. The smallest absolute Gasteiger partial charge is 0.381 e. The van der Waals surface area contributed by atoms with Crippen LogP contribution in [0.3, 0.4) is 0 Å². The molecule has 3 aromatic heterocycles. The van der Waals surface area contributed by atoms with E-state index in [-0.39, 0.29) is 28.7 Å². The Morgan fingerprint density at radius 1 is 1.23 bits per heavy atom. The molecule has 0 aliphatic rings. The van der Waals surface area contributed by atoms with Crippen molar-refractivity contribution in [3.8, 4) is 11.4 Å². The fraction of sp³-hybridized carbons (Fsp3) is 0.269. The number of H-pyrrole nitrogens is 1. The number of fused-ring (bicyclic) bond motifs is 1. The number of nitrogens with one attached hydrogen (secondary N) is 2. The van der Waals surface area contributed by atoms with Crippen molar-refractivity contribution in [1.29, 1.82) is 0 Å². The van der Waals surface area contributed by atoms with Crippen molar-refractivity contribution in [3.05, 3.63) is 75.0 Å². The molecule has 204 valence electrons. The molecule has 1 atom stereocenters. The van der Waals surface area contributed by atoms with Crippen LogP contribution in [-0.2, 0) is 6.18 Å². The van der Waals surface area contributed by atoms with Crippen molar-refractivity contribution in [2.45, 2.75) is 32.0 Å². The van der Waals surface area contributed by atoms with Crippen molar-refractivity contribution in [2.75, 3.05) is 18.9 Å². The lowest BCUT2D eigenvalue weighted by molar-refractivity contribution is -0.138. The highest BCUT2D eigenvalue weighted by Gasteiger charge is 2.37. The lowest BCUT2D eigenvalue weighted by atomic mass is 10.0. The number of anilines is 1. The minimum atomic E-state index is -4.81. The van der Waals surface area contributed by atoms with Gasteiger partial charge in [-0.1, -0.05) is 0 Å². The highest BCUT2D eigenvalue weighted by molar-refractivity contribution is 7.16. The van der Waals surface area contributed by atoms with Gasteiger partial charge in [-0.3, -0.25) is 9.59 Å². The fourth-order valence-corrected chi connectivity index (χ4v) is 4.70. The first-order valence-corrected chi connectivity index (χ1v) is 12.7. The number of carbonyl (C=O) groups is 1. The number of alkyl halides is 3. The summed E-state index contributed by atoms with van der Waals surface area (Å²) >= 11 is 1.42. The van der Waals surface area contributed by atoms with Crippen LogP contribution in [0, 0.1) is 5.82 Å². The summed E-state index contributed by atoms with van der Waals surface area (Å²) in [6.07, 6.45) is 2.84. The van der Waals surface area contributed by atoms with Crippen LogP contribution >= 0.6 is 11.3 Å². The molecule has 0 amide bonds. The Morgan fingerprint density at radius 3 is 2.77 bits per heavy atom. The van der Waals surface area contributed by atoms with Gasteiger partial charge >= 0.3 is 6.18 Å². The van der Waals surface area contributed by atoms with Crippen molar-refractivity contribution >= 4 is 39.6 Å². The molecule has 3 heterocycles. The van der Waals surface area contributed by atoms with Crippen molar-refractivity contribution < 1.29 is 22.4 Å². The maximum absolute atomic E-state index is 14.8. The molecule has 39 heavy (non-hydrogen) atoms. The molecule has 1 aromatic carbocycles. The zero-order valence-corrected chi connectivity index (χ0v) is 21.7. The van der Waals surface area contributed by atoms with E-state index in [0.29, 0.717) is 31.2 Å². The third-order valence-electron chi connectivity index (χ3n) is 5.95. The van der Waals surface area contributed by atoms with Crippen LogP contribution in [0.15, 0.2) is 47.0 Å². The van der Waals surface area contributed by atoms with Gasteiger partial charge in [0.05, 0.1) is 17.4 Å². The molecule has 0 aliphatic carbocycles. The number of nitrogens with zero attached hydrogens (tertiary/aromatic N) is 4. The van der Waals surface area contributed by atoms with E-state index in [0.717, 1.165) is 22.5 Å². The zero-order chi connectivity index (χ0) is 28.2. The second-order valence-electron chi connectivity index (χ2n) is 8.92. The molecule has 4 aromatic rings. The first-order valence-electron chi connectivity index (χ1n) is 11.9. The number of benzene rings is 1. The number of hydrogen-bond donors (Lipinski definition) is 2. The first-order chi connectivity index (χ1) is 18.6. The Morgan fingerprint density at radius 2 is 2.03 bits per heavy atom. The van der Waals surface area contributed by atoms with E-state index in [1.807, 2.05) is 16.3 Å². The average Bonchev–Trinajstić information content (AvgIpc) is 3.35. The van der Waals surface area contributed by atoms with E-state index in [1.54, 1.807) is 37.5 Å². The molecule has 0 saturated heterocycles. The second kappa shape index (κ2) is 11.7. The molecule has 0 spiro atoms. The summed E-state index contributed by atoms with van der Waals surface area (Å²) in [7, 11) is 1.80. The van der Waals surface area contributed by atoms with Crippen LogP contribution < -0.4 is 10.9 Å². The topological polar surface area (TPSA) is 104 Å². The van der Waals surface area contributed by atoms with Crippen LogP contribution in [0.5, 0.6) is 0 Å². The molecule has 0 radical (unpaired) electrons. The van der Waals surface area contributed by atoms with Gasteiger partial charge in [0.15, 0.2) is 12.1 Å². The molecule has 0 bridgehead atoms. The maximum Gasteiger partial charge on any atom is 0.423 e. The fourth-order valence-electron chi connectivity index (χ4n) is 3.96. The molecule has 0 aliphatic heterocycles. The number of aldehydes is 1. The quantitative estimate of drug-likeness (QED) is 0.192. The van der Waals surface area contributed by atoms with Crippen LogP contribution in [0.2, 0.25) is 0 Å². The minimum absolute atomic E-state index is 0.169. The van der Waals surface area contributed by atoms with E-state index in [2.05, 4.69) is 20.4 Å². The van der Waals surface area contributed by atoms with Gasteiger partial charge in [-0.15, -0.1) is 11.3 Å². The summed E-state index contributed by atoms with van der Waals surface area (Å²) in [4.78, 5) is 34.4. The lowest BCUT2D eigenvalue weighted by Gasteiger charge is -2.20. The van der Waals surface area contributed by atoms with E-state index in [1.165, 1.54) is 17.4 Å². The standard InChI is InChI=1S/C26H24F4N6O2S/c1-15(33-21-13-32-35-24(38)22(21)26(28,29)30)4-3-7-36(2)8-5-16-10-19(20(27)11-18(16)14-37)23-31-12-17-6-9-39-25(17)34-23/h5-6,8-15H,3-4,7H2,1-2H3,(H2,33,35,38)/b8-5-/t15-/m0/s1. The predicted octanol–water partition coefficient (Wildman–Crippen LogP) is 5.60. The summed E-state index contributed by atoms with van der Waals surface area (Å²) in [5, 5.41) is 10.7. The zero-order valence-electron chi connectivity index (χ0n) is 20.9. The number of thiophene rings is 1. The molecule has 2 N–H and O–H groups in total. The highest BCUT2D eigenvalue weighted by Crippen LogP contribution is 2.32. The number of hydrogen-bond acceptors (Lipinski definition) is 8. The monoisotopic (exact) mass is 560 g/mol. The lowest BCUT2D eigenvalue weighted by Crippen LogP contribution is -2.27. The SMILES string of the molecule is C[C@@H](CCCN(C)/C=C\c1cc(-c2ncc3ccsc3n2)c(F)cc1C=O)Nc1cn[nH]c(=O)c1C(F)(F)F. The van der Waals surface area contributed by atoms with Gasteiger partial charge in [0, 0.05) is 36.8 Å². The van der Waals surface area contributed by atoms with Crippen LogP contribution in [0.4, 0.5) is 23.2 Å². The van der Waals surface area contributed by atoms with Gasteiger partial charge < -0.3 is 10.2 Å². The minimum Gasteiger partial charge on any atom is -0.381 e. The van der Waals surface area contributed by atoms with Crippen LogP contribution in [0.1, 0.15) is 41.3 Å². The van der Waals surface area contributed by atoms with Gasteiger partial charge in [-0.25, -0.2) is 19.5 Å². The molecule has 4 rings (SSSR count). The van der Waals surface area contributed by atoms with Gasteiger partial charge in [0.25, 0.3) is 5.56 Å². The van der Waals surface area contributed by atoms with Crippen molar-refractivity contribution in [3.63, 3.8) is 0 Å². The number of halogens is 4. The largest absolute Gasteiger partial charge is 0.423 e. The van der Waals surface area contributed by atoms with E-state index >= 15 is 0 Å². The molecule has 0 unspecified atom stereocenters. The highest BCUT2D eigenvalue weighted by atomic mass is 32.1. The Kier molecular flexibility index (Phi) is 8.38. The Hall–Kier alpha value is -4.13. The summed E-state index contributed by atoms with van der Waals surface area (Å²) in [6, 6.07) is 4.18. The van der Waals surface area contributed by atoms with Crippen molar-refractivity contribution in [2.24, 2.45) is 0 Å². The van der Waals surface area contributed by atoms with Crippen molar-refractivity contribution in [1.82, 2.24) is 25.1 Å². The average molecular weight is 561 g/mol. The van der Waals surface area contributed by atoms with E-state index < -0.39 is 23.1 Å². The van der Waals surface area contributed by atoms with Crippen LogP contribution in [0.25, 0.3) is 27.7 Å². The van der Waals surface area contributed by atoms with Gasteiger partial charge in [-0.2, -0.15) is 18.3 Å². The summed E-state index contributed by atoms with van der Waals surface area (Å²) in [6.45, 7) is 2.26. The van der Waals surface area contributed by atoms with Gasteiger partial charge in [-0.05, 0) is 61.2 Å². The Labute approximate surface area is 224 Å². The number of aromatic nitrogens is 4. The first kappa shape index (κ1) is 27.9. The Balaban J connectivity index is 1.40. The number of aromatic amines is 1. The number of carbonyl (C=O) groups excluding carboxylic acids is 1. The maximum atomic E-state index is 14.8. The predicted molar refractivity (Wildman–Crippen MR) is 142 cm³/mol. The molecule has 8 nitrogen and oxygen atoms in total. The van der Waals surface area contributed by atoms with Crippen LogP contribution in [-0.4, -0.2) is 51.0 Å². The summed E-state index contributed by atoms with van der Waals surface area (Å²) < 4.78 is 54.5.